The summed E-state index contributed by atoms with van der Waals surface area (Å²) in [6, 6.07) is 18.0. The molecule has 0 aliphatic heterocycles. The van der Waals surface area contributed by atoms with Crippen LogP contribution in [0.25, 0.3) is 0 Å². The Bertz CT molecular complexity index is 693. The van der Waals surface area contributed by atoms with Crippen molar-refractivity contribution in [1.82, 2.24) is 0 Å². The van der Waals surface area contributed by atoms with E-state index in [2.05, 4.69) is 36.1 Å². The molecule has 3 rings (SSSR count). The zero-order valence-electron chi connectivity index (χ0n) is 16.1. The molecule has 0 aromatic heterocycles. The smallest absolute Gasteiger partial charge is 0.432 e. The number of carbonyl (C=O) groups is 1. The highest BCUT2D eigenvalue weighted by atomic mass is 16.7. The molecule has 0 N–H and O–H groups in total. The summed E-state index contributed by atoms with van der Waals surface area (Å²) >= 11 is 0. The summed E-state index contributed by atoms with van der Waals surface area (Å²) < 4.78 is 10.5. The van der Waals surface area contributed by atoms with Crippen LogP contribution in [0.5, 0.6) is 5.75 Å². The van der Waals surface area contributed by atoms with E-state index in [0.717, 1.165) is 12.2 Å². The summed E-state index contributed by atoms with van der Waals surface area (Å²) in [7, 11) is 0. The van der Waals surface area contributed by atoms with Crippen molar-refractivity contribution >= 4 is 11.8 Å². The first-order valence-corrected chi connectivity index (χ1v) is 10.0. The molecule has 144 valence electrons. The Balaban J connectivity index is 1.43. The molecule has 1 aliphatic rings. The van der Waals surface area contributed by atoms with E-state index < -0.39 is 6.16 Å². The summed E-state index contributed by atoms with van der Waals surface area (Å²) in [5.41, 5.74) is 2.46. The van der Waals surface area contributed by atoms with Crippen molar-refractivity contribution in [3.63, 3.8) is 0 Å². The average molecular weight is 367 g/mol. The van der Waals surface area contributed by atoms with Crippen LogP contribution in [0.4, 0.5) is 10.5 Å². The fraction of sp³-hybridized carbons (Fsp3) is 0.435. The lowest BCUT2D eigenvalue weighted by Crippen LogP contribution is -2.28. The third-order valence-corrected chi connectivity index (χ3v) is 5.24. The number of carbonyl (C=O) groups excluding carboxylic acids is 1. The number of benzene rings is 2. The molecule has 0 saturated heterocycles. The SMILES string of the molecule is CCN(CCOC(=O)Oc1ccc(C2CCCCC2)cc1)c1ccccc1. The second-order valence-corrected chi connectivity index (χ2v) is 7.02. The number of para-hydroxylation sites is 1. The summed E-state index contributed by atoms with van der Waals surface area (Å²) in [6.45, 7) is 3.86. The van der Waals surface area contributed by atoms with Gasteiger partial charge in [-0.05, 0) is 55.5 Å². The number of hydrogen-bond donors (Lipinski definition) is 0. The monoisotopic (exact) mass is 367 g/mol. The van der Waals surface area contributed by atoms with Crippen LogP contribution in [0.15, 0.2) is 54.6 Å². The first-order valence-electron chi connectivity index (χ1n) is 10.0. The minimum absolute atomic E-state index is 0.293. The fourth-order valence-corrected chi connectivity index (χ4v) is 3.72. The van der Waals surface area contributed by atoms with Crippen LogP contribution in [0, 0.1) is 0 Å². The van der Waals surface area contributed by atoms with Crippen LogP contribution in [0.3, 0.4) is 0 Å². The van der Waals surface area contributed by atoms with Crippen LogP contribution >= 0.6 is 0 Å². The number of hydrogen-bond acceptors (Lipinski definition) is 4. The Hall–Kier alpha value is -2.49. The second kappa shape index (κ2) is 10.0. The Morgan fingerprint density at radius 1 is 1.00 bits per heavy atom. The van der Waals surface area contributed by atoms with Gasteiger partial charge in [0, 0.05) is 12.2 Å². The van der Waals surface area contributed by atoms with Gasteiger partial charge in [0.1, 0.15) is 12.4 Å². The van der Waals surface area contributed by atoms with Crippen molar-refractivity contribution < 1.29 is 14.3 Å². The summed E-state index contributed by atoms with van der Waals surface area (Å²) in [5.74, 6) is 1.19. The highest BCUT2D eigenvalue weighted by Gasteiger charge is 2.16. The van der Waals surface area contributed by atoms with Crippen LogP contribution in [-0.2, 0) is 4.74 Å². The lowest BCUT2D eigenvalue weighted by molar-refractivity contribution is 0.101. The molecule has 2 aromatic rings. The molecular weight excluding hydrogens is 338 g/mol. The highest BCUT2D eigenvalue weighted by molar-refractivity contribution is 5.63. The molecule has 2 aromatic carbocycles. The van der Waals surface area contributed by atoms with Gasteiger partial charge in [0.25, 0.3) is 0 Å². The van der Waals surface area contributed by atoms with Crippen molar-refractivity contribution in [3.8, 4) is 5.75 Å². The first kappa shape index (κ1) is 19.3. The van der Waals surface area contributed by atoms with Gasteiger partial charge in [-0.2, -0.15) is 0 Å². The standard InChI is InChI=1S/C23H29NO3/c1-2-24(21-11-7-4-8-12-21)17-18-26-23(25)27-22-15-13-20(14-16-22)19-9-5-3-6-10-19/h4,7-8,11-16,19H,2-3,5-6,9-10,17-18H2,1H3. The number of anilines is 1. The largest absolute Gasteiger partial charge is 0.513 e. The molecule has 4 heteroatoms. The molecule has 0 amide bonds. The van der Waals surface area contributed by atoms with E-state index >= 15 is 0 Å². The zero-order valence-corrected chi connectivity index (χ0v) is 16.1. The van der Waals surface area contributed by atoms with Crippen molar-refractivity contribution in [2.45, 2.75) is 44.9 Å². The maximum Gasteiger partial charge on any atom is 0.513 e. The van der Waals surface area contributed by atoms with E-state index in [1.54, 1.807) is 0 Å². The van der Waals surface area contributed by atoms with E-state index in [4.69, 9.17) is 9.47 Å². The molecule has 0 atom stereocenters. The van der Waals surface area contributed by atoms with Gasteiger partial charge in [-0.25, -0.2) is 4.79 Å². The van der Waals surface area contributed by atoms with Crippen LogP contribution < -0.4 is 9.64 Å². The van der Waals surface area contributed by atoms with Gasteiger partial charge in [-0.1, -0.05) is 49.6 Å². The molecule has 0 bridgehead atoms. The highest BCUT2D eigenvalue weighted by Crippen LogP contribution is 2.33. The maximum atomic E-state index is 11.9. The van der Waals surface area contributed by atoms with Crippen LogP contribution in [-0.4, -0.2) is 25.9 Å². The number of nitrogens with zero attached hydrogens (tertiary/aromatic N) is 1. The Morgan fingerprint density at radius 3 is 2.37 bits per heavy atom. The summed E-state index contributed by atoms with van der Waals surface area (Å²) in [6.07, 6.45) is 5.85. The van der Waals surface area contributed by atoms with E-state index in [-0.39, 0.29) is 0 Å². The average Bonchev–Trinajstić information content (AvgIpc) is 2.73. The molecule has 1 fully saturated rings. The Kier molecular flexibility index (Phi) is 7.14. The first-order chi connectivity index (χ1) is 13.3. The van der Waals surface area contributed by atoms with Crippen molar-refractivity contribution in [3.05, 3.63) is 60.2 Å². The van der Waals surface area contributed by atoms with E-state index in [9.17, 15) is 4.79 Å². The maximum absolute atomic E-state index is 11.9. The minimum Gasteiger partial charge on any atom is -0.432 e. The van der Waals surface area contributed by atoms with Gasteiger partial charge in [0.15, 0.2) is 0 Å². The second-order valence-electron chi connectivity index (χ2n) is 7.02. The molecule has 4 nitrogen and oxygen atoms in total. The molecule has 0 unspecified atom stereocenters. The van der Waals surface area contributed by atoms with E-state index in [1.165, 1.54) is 37.7 Å². The topological polar surface area (TPSA) is 38.8 Å². The van der Waals surface area contributed by atoms with Gasteiger partial charge in [0.2, 0.25) is 0 Å². The predicted octanol–water partition coefficient (Wildman–Crippen LogP) is 5.78. The Morgan fingerprint density at radius 2 is 1.70 bits per heavy atom. The molecule has 0 radical (unpaired) electrons. The lowest BCUT2D eigenvalue weighted by Gasteiger charge is -2.22. The van der Waals surface area contributed by atoms with E-state index in [0.29, 0.717) is 24.8 Å². The minimum atomic E-state index is -0.649. The molecule has 27 heavy (non-hydrogen) atoms. The molecule has 0 spiro atoms. The fourth-order valence-electron chi connectivity index (χ4n) is 3.72. The molecular formula is C23H29NO3. The summed E-state index contributed by atoms with van der Waals surface area (Å²) in [5, 5.41) is 0. The van der Waals surface area contributed by atoms with Crippen LogP contribution in [0.2, 0.25) is 0 Å². The number of rotatable bonds is 7. The molecule has 0 heterocycles. The van der Waals surface area contributed by atoms with Crippen molar-refractivity contribution in [2.24, 2.45) is 0 Å². The number of ether oxygens (including phenoxy) is 2. The van der Waals surface area contributed by atoms with Crippen molar-refractivity contribution in [1.29, 1.82) is 0 Å². The summed E-state index contributed by atoms with van der Waals surface area (Å²) in [4.78, 5) is 14.1. The van der Waals surface area contributed by atoms with Gasteiger partial charge in [-0.15, -0.1) is 0 Å². The van der Waals surface area contributed by atoms with Gasteiger partial charge in [-0.3, -0.25) is 0 Å². The third kappa shape index (κ3) is 5.75. The molecule has 1 aliphatic carbocycles. The van der Waals surface area contributed by atoms with Crippen molar-refractivity contribution in [2.75, 3.05) is 24.6 Å². The quantitative estimate of drug-likeness (QED) is 0.459. The predicted molar refractivity (Wildman–Crippen MR) is 109 cm³/mol. The lowest BCUT2D eigenvalue weighted by atomic mass is 9.84. The van der Waals surface area contributed by atoms with Gasteiger partial charge >= 0.3 is 6.16 Å². The zero-order chi connectivity index (χ0) is 18.9. The third-order valence-electron chi connectivity index (χ3n) is 5.24. The van der Waals surface area contributed by atoms with Crippen LogP contribution in [0.1, 0.15) is 50.5 Å². The normalized spacial score (nSPS) is 14.6. The Labute approximate surface area is 162 Å². The van der Waals surface area contributed by atoms with Gasteiger partial charge in [0.05, 0.1) is 6.54 Å². The van der Waals surface area contributed by atoms with Gasteiger partial charge < -0.3 is 14.4 Å². The van der Waals surface area contributed by atoms with E-state index in [1.807, 2.05) is 30.3 Å². The molecule has 1 saturated carbocycles. The number of likely N-dealkylation sites (N-methyl/N-ethyl adjacent to an activating group) is 1.